The molecule has 3 rings (SSSR count). The molecule has 1 atom stereocenters. The van der Waals surface area contributed by atoms with E-state index in [9.17, 15) is 9.59 Å². The maximum atomic E-state index is 12.7. The fourth-order valence-corrected chi connectivity index (χ4v) is 2.99. The summed E-state index contributed by atoms with van der Waals surface area (Å²) in [5.41, 5.74) is 3.95. The fourth-order valence-electron chi connectivity index (χ4n) is 2.99. The normalized spacial score (nSPS) is 11.4. The number of anilines is 1. The first-order valence-corrected chi connectivity index (χ1v) is 9.90. The van der Waals surface area contributed by atoms with Gasteiger partial charge in [0.1, 0.15) is 5.75 Å². The molecule has 0 aliphatic heterocycles. The largest absolute Gasteiger partial charge is 0.481 e. The van der Waals surface area contributed by atoms with Gasteiger partial charge in [0.25, 0.3) is 11.8 Å². The molecule has 154 valence electrons. The second kappa shape index (κ2) is 9.74. The Hall–Kier alpha value is -3.60. The summed E-state index contributed by atoms with van der Waals surface area (Å²) in [5.74, 6) is 0.101. The molecule has 0 aromatic heterocycles. The van der Waals surface area contributed by atoms with E-state index in [2.05, 4.69) is 10.6 Å². The lowest BCUT2D eigenvalue weighted by atomic mass is 10.1. The number of nitrogens with one attached hydrogen (secondary N) is 2. The lowest BCUT2D eigenvalue weighted by Gasteiger charge is -2.18. The molecule has 0 fully saturated rings. The van der Waals surface area contributed by atoms with Crippen molar-refractivity contribution < 1.29 is 14.3 Å². The third kappa shape index (κ3) is 5.26. The molecule has 0 saturated heterocycles. The molecule has 30 heavy (non-hydrogen) atoms. The molecule has 5 nitrogen and oxygen atoms in total. The zero-order valence-corrected chi connectivity index (χ0v) is 17.4. The topological polar surface area (TPSA) is 67.4 Å². The third-order valence-electron chi connectivity index (χ3n) is 4.95. The Morgan fingerprint density at radius 2 is 1.60 bits per heavy atom. The average Bonchev–Trinajstić information content (AvgIpc) is 2.76. The Bertz CT molecular complexity index is 1030. The van der Waals surface area contributed by atoms with Gasteiger partial charge in [-0.1, -0.05) is 54.6 Å². The van der Waals surface area contributed by atoms with Crippen molar-refractivity contribution in [2.75, 3.05) is 5.32 Å². The van der Waals surface area contributed by atoms with Gasteiger partial charge >= 0.3 is 0 Å². The molecular formula is C25H26N2O3. The van der Waals surface area contributed by atoms with E-state index >= 15 is 0 Å². The van der Waals surface area contributed by atoms with Gasteiger partial charge in [-0.3, -0.25) is 9.59 Å². The molecule has 0 radical (unpaired) electrons. The SMILES string of the molecule is Cc1cccc(O[C@@H](C)C(=O)Nc2ccccc2C(=O)NCc2ccccc2)c1C. The van der Waals surface area contributed by atoms with Gasteiger partial charge in [0.05, 0.1) is 11.3 Å². The van der Waals surface area contributed by atoms with E-state index < -0.39 is 6.10 Å². The Kier molecular flexibility index (Phi) is 6.86. The molecule has 0 aliphatic carbocycles. The smallest absolute Gasteiger partial charge is 0.265 e. The number of aryl methyl sites for hydroxylation is 1. The fraction of sp³-hybridized carbons (Fsp3) is 0.200. The molecule has 3 aromatic rings. The number of hydrogen-bond donors (Lipinski definition) is 2. The Morgan fingerprint density at radius 3 is 2.37 bits per heavy atom. The highest BCUT2D eigenvalue weighted by atomic mass is 16.5. The van der Waals surface area contributed by atoms with Crippen LogP contribution in [-0.2, 0) is 11.3 Å². The van der Waals surface area contributed by atoms with Gasteiger partial charge in [-0.2, -0.15) is 0 Å². The van der Waals surface area contributed by atoms with Crippen molar-refractivity contribution >= 4 is 17.5 Å². The maximum Gasteiger partial charge on any atom is 0.265 e. The molecule has 2 N–H and O–H groups in total. The van der Waals surface area contributed by atoms with Crippen molar-refractivity contribution in [1.82, 2.24) is 5.32 Å². The number of hydrogen-bond acceptors (Lipinski definition) is 3. The Balaban J connectivity index is 1.66. The summed E-state index contributed by atoms with van der Waals surface area (Å²) < 4.78 is 5.85. The highest BCUT2D eigenvalue weighted by molar-refractivity contribution is 6.04. The number of benzene rings is 3. The zero-order chi connectivity index (χ0) is 21.5. The van der Waals surface area contributed by atoms with E-state index in [0.29, 0.717) is 23.5 Å². The number of amides is 2. The van der Waals surface area contributed by atoms with Crippen LogP contribution in [0.3, 0.4) is 0 Å². The van der Waals surface area contributed by atoms with Gasteiger partial charge in [-0.05, 0) is 55.7 Å². The van der Waals surface area contributed by atoms with Crippen LogP contribution in [0.5, 0.6) is 5.75 Å². The first-order valence-electron chi connectivity index (χ1n) is 9.90. The van der Waals surface area contributed by atoms with Crippen LogP contribution in [0.2, 0.25) is 0 Å². The zero-order valence-electron chi connectivity index (χ0n) is 17.4. The molecule has 0 bridgehead atoms. The first-order chi connectivity index (χ1) is 14.5. The van der Waals surface area contributed by atoms with Crippen LogP contribution in [0.4, 0.5) is 5.69 Å². The van der Waals surface area contributed by atoms with Crippen LogP contribution in [0.25, 0.3) is 0 Å². The first kappa shape index (κ1) is 21.1. The number of para-hydroxylation sites is 1. The van der Waals surface area contributed by atoms with Crippen LogP contribution in [0, 0.1) is 13.8 Å². The van der Waals surface area contributed by atoms with Crippen LogP contribution in [0.15, 0.2) is 72.8 Å². The van der Waals surface area contributed by atoms with E-state index in [1.165, 1.54) is 0 Å². The van der Waals surface area contributed by atoms with Crippen LogP contribution >= 0.6 is 0 Å². The number of ether oxygens (including phenoxy) is 1. The van der Waals surface area contributed by atoms with E-state index in [0.717, 1.165) is 16.7 Å². The van der Waals surface area contributed by atoms with Crippen LogP contribution in [0.1, 0.15) is 34.0 Å². The summed E-state index contributed by atoms with van der Waals surface area (Å²) >= 11 is 0. The standard InChI is InChI=1S/C25H26N2O3/c1-17-10-9-15-23(18(17)2)30-19(3)24(28)27-22-14-8-7-13-21(22)25(29)26-16-20-11-5-4-6-12-20/h4-15,19H,16H2,1-3H3,(H,26,29)(H,27,28)/t19-/m0/s1. The van der Waals surface area contributed by atoms with Crippen molar-refractivity contribution in [2.24, 2.45) is 0 Å². The van der Waals surface area contributed by atoms with Crippen molar-refractivity contribution in [2.45, 2.75) is 33.4 Å². The molecule has 0 heterocycles. The second-order valence-corrected chi connectivity index (χ2v) is 7.16. The molecule has 3 aromatic carbocycles. The predicted octanol–water partition coefficient (Wildman–Crippen LogP) is 4.64. The van der Waals surface area contributed by atoms with Gasteiger partial charge in [-0.15, -0.1) is 0 Å². The molecule has 5 heteroatoms. The van der Waals surface area contributed by atoms with Gasteiger partial charge < -0.3 is 15.4 Å². The third-order valence-corrected chi connectivity index (χ3v) is 4.95. The molecule has 0 spiro atoms. The van der Waals surface area contributed by atoms with E-state index in [4.69, 9.17) is 4.74 Å². The monoisotopic (exact) mass is 402 g/mol. The molecular weight excluding hydrogens is 376 g/mol. The van der Waals surface area contributed by atoms with Gasteiger partial charge in [0, 0.05) is 6.54 Å². The van der Waals surface area contributed by atoms with Crippen molar-refractivity contribution in [3.63, 3.8) is 0 Å². The highest BCUT2D eigenvalue weighted by Crippen LogP contribution is 2.22. The summed E-state index contributed by atoms with van der Waals surface area (Å²) in [6.07, 6.45) is -0.717. The number of carbonyl (C=O) groups is 2. The molecule has 0 aliphatic rings. The summed E-state index contributed by atoms with van der Waals surface area (Å²) in [6.45, 7) is 6.06. The van der Waals surface area contributed by atoms with Crippen LogP contribution in [-0.4, -0.2) is 17.9 Å². The minimum atomic E-state index is -0.717. The predicted molar refractivity (Wildman–Crippen MR) is 119 cm³/mol. The van der Waals surface area contributed by atoms with E-state index in [1.54, 1.807) is 31.2 Å². The van der Waals surface area contributed by atoms with Crippen molar-refractivity contribution in [1.29, 1.82) is 0 Å². The van der Waals surface area contributed by atoms with E-state index in [-0.39, 0.29) is 11.8 Å². The quantitative estimate of drug-likeness (QED) is 0.605. The van der Waals surface area contributed by atoms with Crippen molar-refractivity contribution in [3.05, 3.63) is 95.1 Å². The molecule has 0 unspecified atom stereocenters. The average molecular weight is 402 g/mol. The Labute approximate surface area is 177 Å². The number of rotatable bonds is 7. The number of carbonyl (C=O) groups excluding carboxylic acids is 2. The summed E-state index contributed by atoms with van der Waals surface area (Å²) in [4.78, 5) is 25.4. The van der Waals surface area contributed by atoms with Gasteiger partial charge in [-0.25, -0.2) is 0 Å². The lowest BCUT2D eigenvalue weighted by molar-refractivity contribution is -0.122. The summed E-state index contributed by atoms with van der Waals surface area (Å²) in [5, 5.41) is 5.71. The second-order valence-electron chi connectivity index (χ2n) is 7.16. The van der Waals surface area contributed by atoms with Crippen molar-refractivity contribution in [3.8, 4) is 5.75 Å². The minimum Gasteiger partial charge on any atom is -0.481 e. The van der Waals surface area contributed by atoms with Crippen LogP contribution < -0.4 is 15.4 Å². The summed E-state index contributed by atoms with van der Waals surface area (Å²) in [6, 6.07) is 22.3. The highest BCUT2D eigenvalue weighted by Gasteiger charge is 2.19. The summed E-state index contributed by atoms with van der Waals surface area (Å²) in [7, 11) is 0. The maximum absolute atomic E-state index is 12.7. The lowest BCUT2D eigenvalue weighted by Crippen LogP contribution is -2.32. The Morgan fingerprint density at radius 1 is 0.900 bits per heavy atom. The minimum absolute atomic E-state index is 0.252. The van der Waals surface area contributed by atoms with Gasteiger partial charge in [0.2, 0.25) is 0 Å². The van der Waals surface area contributed by atoms with E-state index in [1.807, 2.05) is 62.4 Å². The van der Waals surface area contributed by atoms with Gasteiger partial charge in [0.15, 0.2) is 6.10 Å². The molecule has 2 amide bonds. The molecule has 0 saturated carbocycles.